The molecule has 0 bridgehead atoms. The van der Waals surface area contributed by atoms with E-state index in [0.717, 1.165) is 11.1 Å². The zero-order chi connectivity index (χ0) is 9.97. The van der Waals surface area contributed by atoms with Gasteiger partial charge in [-0.1, -0.05) is 6.07 Å². The van der Waals surface area contributed by atoms with Crippen LogP contribution in [0.15, 0.2) is 30.7 Å². The maximum absolute atomic E-state index is 5.65. The second kappa shape index (κ2) is 3.49. The maximum atomic E-state index is 5.65. The fourth-order valence-electron chi connectivity index (χ4n) is 1.30. The quantitative estimate of drug-likeness (QED) is 0.770. The predicted octanol–water partition coefficient (Wildman–Crippen LogP) is 1.22. The van der Waals surface area contributed by atoms with Crippen molar-refractivity contribution >= 4 is 5.82 Å². The molecule has 0 saturated heterocycles. The second-order valence-corrected chi connectivity index (χ2v) is 3.26. The summed E-state index contributed by atoms with van der Waals surface area (Å²) in [5.41, 5.74) is 7.78. The number of nitrogens with two attached hydrogens (primary N) is 1. The molecule has 14 heavy (non-hydrogen) atoms. The summed E-state index contributed by atoms with van der Waals surface area (Å²) in [4.78, 5) is 4.04. The zero-order valence-corrected chi connectivity index (χ0v) is 8.01. The summed E-state index contributed by atoms with van der Waals surface area (Å²) in [5.74, 6) is 0.592. The molecule has 0 aliphatic heterocycles. The van der Waals surface area contributed by atoms with E-state index in [2.05, 4.69) is 10.1 Å². The van der Waals surface area contributed by atoms with E-state index in [4.69, 9.17) is 5.73 Å². The number of aromatic nitrogens is 3. The smallest absolute Gasteiger partial charge is 0.148 e. The van der Waals surface area contributed by atoms with E-state index in [9.17, 15) is 0 Å². The van der Waals surface area contributed by atoms with Gasteiger partial charge < -0.3 is 5.73 Å². The second-order valence-electron chi connectivity index (χ2n) is 3.26. The number of rotatable bonds is 2. The highest BCUT2D eigenvalue weighted by Crippen LogP contribution is 2.08. The summed E-state index contributed by atoms with van der Waals surface area (Å²) in [5, 5.41) is 4.17. The van der Waals surface area contributed by atoms with E-state index in [1.54, 1.807) is 6.20 Å². The molecule has 0 amide bonds. The van der Waals surface area contributed by atoms with Crippen LogP contribution < -0.4 is 5.73 Å². The molecular weight excluding hydrogens is 176 g/mol. The summed E-state index contributed by atoms with van der Waals surface area (Å²) < 4.78 is 1.82. The van der Waals surface area contributed by atoms with Gasteiger partial charge >= 0.3 is 0 Å². The molecule has 4 heteroatoms. The van der Waals surface area contributed by atoms with Gasteiger partial charge in [0.05, 0.1) is 6.54 Å². The standard InChI is InChI=1S/C10H12N4/c1-8-6-14(13-10(8)11)7-9-3-2-4-12-5-9/h2-6H,7H2,1H3,(H2,11,13). The van der Waals surface area contributed by atoms with Gasteiger partial charge in [-0.3, -0.25) is 9.67 Å². The Labute approximate surface area is 82.4 Å². The molecule has 0 aliphatic rings. The Balaban J connectivity index is 2.19. The lowest BCUT2D eigenvalue weighted by molar-refractivity contribution is 0.687. The van der Waals surface area contributed by atoms with Crippen molar-refractivity contribution in [2.75, 3.05) is 5.73 Å². The highest BCUT2D eigenvalue weighted by molar-refractivity contribution is 5.35. The van der Waals surface area contributed by atoms with E-state index in [1.807, 2.05) is 36.1 Å². The lowest BCUT2D eigenvalue weighted by Crippen LogP contribution is -2.01. The van der Waals surface area contributed by atoms with Crippen LogP contribution in [0, 0.1) is 6.92 Å². The summed E-state index contributed by atoms with van der Waals surface area (Å²) in [7, 11) is 0. The fourth-order valence-corrected chi connectivity index (χ4v) is 1.30. The van der Waals surface area contributed by atoms with Gasteiger partial charge in [0.15, 0.2) is 0 Å². The number of hydrogen-bond donors (Lipinski definition) is 1. The number of nitrogens with zero attached hydrogens (tertiary/aromatic N) is 3. The summed E-state index contributed by atoms with van der Waals surface area (Å²) >= 11 is 0. The molecule has 72 valence electrons. The van der Waals surface area contributed by atoms with Gasteiger partial charge in [0.25, 0.3) is 0 Å². The molecule has 0 atom stereocenters. The van der Waals surface area contributed by atoms with Crippen molar-refractivity contribution in [3.05, 3.63) is 41.9 Å². The van der Waals surface area contributed by atoms with Crippen LogP contribution in [-0.2, 0) is 6.54 Å². The van der Waals surface area contributed by atoms with Crippen LogP contribution in [0.3, 0.4) is 0 Å². The normalized spacial score (nSPS) is 10.4. The van der Waals surface area contributed by atoms with Gasteiger partial charge in [-0.25, -0.2) is 0 Å². The van der Waals surface area contributed by atoms with Crippen LogP contribution in [0.4, 0.5) is 5.82 Å². The van der Waals surface area contributed by atoms with Crippen molar-refractivity contribution in [3.63, 3.8) is 0 Å². The van der Waals surface area contributed by atoms with E-state index >= 15 is 0 Å². The molecule has 0 saturated carbocycles. The Hall–Kier alpha value is -1.84. The van der Waals surface area contributed by atoms with Gasteiger partial charge in [0, 0.05) is 24.2 Å². The minimum atomic E-state index is 0.592. The number of anilines is 1. The first kappa shape index (κ1) is 8.74. The molecule has 0 aliphatic carbocycles. The lowest BCUT2D eigenvalue weighted by atomic mass is 10.3. The highest BCUT2D eigenvalue weighted by Gasteiger charge is 2.00. The number of nitrogen functional groups attached to an aromatic ring is 1. The Morgan fingerprint density at radius 3 is 2.93 bits per heavy atom. The monoisotopic (exact) mass is 188 g/mol. The topological polar surface area (TPSA) is 56.7 Å². The Morgan fingerprint density at radius 2 is 2.36 bits per heavy atom. The van der Waals surface area contributed by atoms with Crippen molar-refractivity contribution in [1.82, 2.24) is 14.8 Å². The van der Waals surface area contributed by atoms with Crippen molar-refractivity contribution in [3.8, 4) is 0 Å². The number of hydrogen-bond acceptors (Lipinski definition) is 3. The average molecular weight is 188 g/mol. The molecule has 0 aromatic carbocycles. The van der Waals surface area contributed by atoms with Crippen LogP contribution in [0.1, 0.15) is 11.1 Å². The molecule has 4 nitrogen and oxygen atoms in total. The minimum absolute atomic E-state index is 0.592. The Kier molecular flexibility index (Phi) is 2.18. The van der Waals surface area contributed by atoms with Crippen molar-refractivity contribution in [2.45, 2.75) is 13.5 Å². The van der Waals surface area contributed by atoms with Crippen molar-refractivity contribution < 1.29 is 0 Å². The van der Waals surface area contributed by atoms with Gasteiger partial charge in [-0.15, -0.1) is 0 Å². The van der Waals surface area contributed by atoms with Crippen LogP contribution in [0.25, 0.3) is 0 Å². The molecule has 0 fully saturated rings. The third-order valence-corrected chi connectivity index (χ3v) is 2.05. The molecule has 0 unspecified atom stereocenters. The van der Waals surface area contributed by atoms with E-state index < -0.39 is 0 Å². The largest absolute Gasteiger partial charge is 0.382 e. The van der Waals surface area contributed by atoms with E-state index in [-0.39, 0.29) is 0 Å². The van der Waals surface area contributed by atoms with E-state index in [1.165, 1.54) is 0 Å². The fraction of sp³-hybridized carbons (Fsp3) is 0.200. The van der Waals surface area contributed by atoms with Crippen molar-refractivity contribution in [1.29, 1.82) is 0 Å². The SMILES string of the molecule is Cc1cn(Cc2cccnc2)nc1N. The van der Waals surface area contributed by atoms with Crippen LogP contribution in [0.5, 0.6) is 0 Å². The summed E-state index contributed by atoms with van der Waals surface area (Å²) in [6.45, 7) is 2.66. The molecule has 2 aromatic rings. The van der Waals surface area contributed by atoms with Crippen LogP contribution in [-0.4, -0.2) is 14.8 Å². The van der Waals surface area contributed by atoms with Gasteiger partial charge in [0.2, 0.25) is 0 Å². The first-order chi connectivity index (χ1) is 6.75. The molecule has 2 heterocycles. The van der Waals surface area contributed by atoms with Crippen LogP contribution >= 0.6 is 0 Å². The summed E-state index contributed by atoms with van der Waals surface area (Å²) in [6.07, 6.45) is 5.52. The summed E-state index contributed by atoms with van der Waals surface area (Å²) in [6, 6.07) is 3.93. The molecule has 0 spiro atoms. The molecule has 2 rings (SSSR count). The highest BCUT2D eigenvalue weighted by atomic mass is 15.3. The molecule has 2 aromatic heterocycles. The number of aryl methyl sites for hydroxylation is 1. The van der Waals surface area contributed by atoms with Crippen molar-refractivity contribution in [2.24, 2.45) is 0 Å². The number of pyridine rings is 1. The average Bonchev–Trinajstić information content (AvgIpc) is 2.47. The lowest BCUT2D eigenvalue weighted by Gasteiger charge is -1.99. The predicted molar refractivity (Wildman–Crippen MR) is 54.7 cm³/mol. The first-order valence-electron chi connectivity index (χ1n) is 4.44. The Morgan fingerprint density at radius 1 is 1.50 bits per heavy atom. The van der Waals surface area contributed by atoms with Crippen LogP contribution in [0.2, 0.25) is 0 Å². The molecule has 2 N–H and O–H groups in total. The molecule has 0 radical (unpaired) electrons. The van der Waals surface area contributed by atoms with Gasteiger partial charge in [-0.05, 0) is 18.6 Å². The minimum Gasteiger partial charge on any atom is -0.382 e. The third-order valence-electron chi connectivity index (χ3n) is 2.05. The molecular formula is C10H12N4. The Bertz CT molecular complexity index is 399. The maximum Gasteiger partial charge on any atom is 0.148 e. The zero-order valence-electron chi connectivity index (χ0n) is 8.01. The first-order valence-corrected chi connectivity index (χ1v) is 4.44. The van der Waals surface area contributed by atoms with Gasteiger partial charge in [-0.2, -0.15) is 5.10 Å². The van der Waals surface area contributed by atoms with Gasteiger partial charge in [0.1, 0.15) is 5.82 Å². The van der Waals surface area contributed by atoms with E-state index in [0.29, 0.717) is 12.4 Å². The third kappa shape index (κ3) is 1.74.